The summed E-state index contributed by atoms with van der Waals surface area (Å²) >= 11 is 0. The number of rotatable bonds is 7. The second-order valence-electron chi connectivity index (χ2n) is 5.98. The third-order valence-corrected chi connectivity index (χ3v) is 10.7. The second-order valence-corrected chi connectivity index (χ2v) is 11.2. The molecule has 0 saturated heterocycles. The van der Waals surface area contributed by atoms with Gasteiger partial charge in [-0.25, -0.2) is 0 Å². The van der Waals surface area contributed by atoms with Gasteiger partial charge in [0.2, 0.25) is 0 Å². The lowest BCUT2D eigenvalue weighted by Crippen LogP contribution is -2.42. The van der Waals surface area contributed by atoms with Crippen molar-refractivity contribution in [1.29, 1.82) is 0 Å². The van der Waals surface area contributed by atoms with Crippen LogP contribution in [0.4, 0.5) is 0 Å². The molecule has 0 N–H and O–H groups in total. The molecule has 0 amide bonds. The largest absolute Gasteiger partial charge is 0.305 e. The molecule has 2 atom stereocenters. The Morgan fingerprint density at radius 3 is 2.21 bits per heavy atom. The van der Waals surface area contributed by atoms with E-state index >= 15 is 0 Å². The fourth-order valence-electron chi connectivity index (χ4n) is 3.38. The van der Waals surface area contributed by atoms with Gasteiger partial charge in [-0.3, -0.25) is 0 Å². The summed E-state index contributed by atoms with van der Waals surface area (Å²) in [6, 6.07) is 14.1. The molecule has 0 radical (unpaired) electrons. The van der Waals surface area contributed by atoms with Gasteiger partial charge in [-0.2, -0.15) is 0 Å². The molecule has 1 aliphatic rings. The number of hydrogen-bond donors (Lipinski definition) is 0. The minimum atomic E-state index is -1.61. The number of hydrogen-bond acceptors (Lipinski definition) is 1. The summed E-state index contributed by atoms with van der Waals surface area (Å²) < 4.78 is 0. The zero-order valence-electron chi connectivity index (χ0n) is 12.5. The van der Waals surface area contributed by atoms with Crippen LogP contribution in [0.1, 0.15) is 45.1 Å². The average Bonchev–Trinajstić information content (AvgIpc) is 3.22. The second kappa shape index (κ2) is 6.04. The molecular formula is C17H26OSi. The van der Waals surface area contributed by atoms with E-state index in [0.717, 1.165) is 24.6 Å². The fraction of sp³-hybridized carbons (Fsp3) is 0.588. The van der Waals surface area contributed by atoms with E-state index in [1.807, 2.05) is 0 Å². The smallest absolute Gasteiger partial charge is 0.132 e. The standard InChI is InChI=1S/C17H26OSi/c1-4-19(5-2,6-3)17(18)13-15-12-16(15)14-10-8-7-9-11-14/h7-11,15-16H,4-6,12-13H2,1-3H3/t15-,16-/m0/s1. The van der Waals surface area contributed by atoms with E-state index in [-0.39, 0.29) is 0 Å². The van der Waals surface area contributed by atoms with Crippen molar-refractivity contribution in [3.05, 3.63) is 35.9 Å². The molecule has 1 aliphatic carbocycles. The predicted molar refractivity (Wildman–Crippen MR) is 84.1 cm³/mol. The summed E-state index contributed by atoms with van der Waals surface area (Å²) in [6.45, 7) is 6.66. The summed E-state index contributed by atoms with van der Waals surface area (Å²) in [6.07, 6.45) is 2.07. The lowest BCUT2D eigenvalue weighted by atomic mass is 10.1. The van der Waals surface area contributed by atoms with Crippen LogP contribution in [0.15, 0.2) is 30.3 Å². The molecule has 19 heavy (non-hydrogen) atoms. The van der Waals surface area contributed by atoms with Gasteiger partial charge in [0.15, 0.2) is 0 Å². The van der Waals surface area contributed by atoms with Crippen molar-refractivity contribution in [2.45, 2.75) is 57.7 Å². The molecule has 1 saturated carbocycles. The highest BCUT2D eigenvalue weighted by atomic mass is 28.3. The molecule has 104 valence electrons. The molecule has 1 aromatic carbocycles. The molecule has 1 nitrogen and oxygen atoms in total. The SMILES string of the molecule is CC[Si](CC)(CC)C(=O)C[C@@H]1C[C@H]1c1ccccc1. The van der Waals surface area contributed by atoms with E-state index in [2.05, 4.69) is 51.1 Å². The molecule has 0 spiro atoms. The Hall–Kier alpha value is -0.893. The van der Waals surface area contributed by atoms with Gasteiger partial charge in [-0.05, 0) is 23.8 Å². The Balaban J connectivity index is 1.95. The van der Waals surface area contributed by atoms with Crippen LogP contribution < -0.4 is 0 Å². The number of carbonyl (C=O) groups excluding carboxylic acids is 1. The topological polar surface area (TPSA) is 17.1 Å². The highest BCUT2D eigenvalue weighted by Crippen LogP contribution is 2.50. The molecule has 1 fully saturated rings. The Bertz CT molecular complexity index is 414. The summed E-state index contributed by atoms with van der Waals surface area (Å²) in [4.78, 5) is 12.6. The van der Waals surface area contributed by atoms with Gasteiger partial charge in [-0.15, -0.1) is 0 Å². The van der Waals surface area contributed by atoms with Gasteiger partial charge < -0.3 is 4.79 Å². The first-order valence-electron chi connectivity index (χ1n) is 7.75. The van der Waals surface area contributed by atoms with Gasteiger partial charge in [0.1, 0.15) is 13.5 Å². The highest BCUT2D eigenvalue weighted by molar-refractivity contribution is 7.05. The van der Waals surface area contributed by atoms with E-state index in [1.54, 1.807) is 0 Å². The Kier molecular flexibility index (Phi) is 4.61. The highest BCUT2D eigenvalue weighted by Gasteiger charge is 2.44. The number of carbonyl (C=O) groups is 1. The van der Waals surface area contributed by atoms with Crippen LogP contribution in [0.5, 0.6) is 0 Å². The lowest BCUT2D eigenvalue weighted by Gasteiger charge is -2.26. The van der Waals surface area contributed by atoms with Crippen LogP contribution in [0.25, 0.3) is 0 Å². The van der Waals surface area contributed by atoms with E-state index in [1.165, 1.54) is 12.0 Å². The van der Waals surface area contributed by atoms with Gasteiger partial charge in [0.05, 0.1) is 0 Å². The molecule has 0 heterocycles. The van der Waals surface area contributed by atoms with Crippen LogP contribution in [0.3, 0.4) is 0 Å². The maximum Gasteiger partial charge on any atom is 0.132 e. The molecule has 2 heteroatoms. The lowest BCUT2D eigenvalue weighted by molar-refractivity contribution is -0.113. The van der Waals surface area contributed by atoms with E-state index in [9.17, 15) is 4.79 Å². The molecule has 1 aromatic rings. The monoisotopic (exact) mass is 274 g/mol. The Morgan fingerprint density at radius 2 is 1.68 bits per heavy atom. The van der Waals surface area contributed by atoms with Gasteiger partial charge in [0, 0.05) is 6.42 Å². The van der Waals surface area contributed by atoms with Crippen molar-refractivity contribution in [2.75, 3.05) is 0 Å². The van der Waals surface area contributed by atoms with E-state index in [4.69, 9.17) is 0 Å². The zero-order chi connectivity index (χ0) is 13.9. The van der Waals surface area contributed by atoms with Gasteiger partial charge in [-0.1, -0.05) is 69.2 Å². The Morgan fingerprint density at radius 1 is 1.11 bits per heavy atom. The van der Waals surface area contributed by atoms with E-state index < -0.39 is 8.07 Å². The summed E-state index contributed by atoms with van der Waals surface area (Å²) in [5, 5.41) is 0.642. The minimum Gasteiger partial charge on any atom is -0.305 e. The minimum absolute atomic E-state index is 0.631. The summed E-state index contributed by atoms with van der Waals surface area (Å²) in [5.41, 5.74) is 1.43. The third-order valence-electron chi connectivity index (χ3n) is 5.22. The van der Waals surface area contributed by atoms with Crippen molar-refractivity contribution >= 4 is 13.5 Å². The maximum absolute atomic E-state index is 12.6. The average molecular weight is 274 g/mol. The quantitative estimate of drug-likeness (QED) is 0.653. The molecule has 0 aromatic heterocycles. The summed E-state index contributed by atoms with van der Waals surface area (Å²) in [7, 11) is -1.61. The summed E-state index contributed by atoms with van der Waals surface area (Å²) in [5.74, 6) is 1.29. The normalized spacial score (nSPS) is 22.3. The molecule has 0 bridgehead atoms. The zero-order valence-corrected chi connectivity index (χ0v) is 13.5. The van der Waals surface area contributed by atoms with Crippen LogP contribution in [0, 0.1) is 5.92 Å². The first kappa shape index (κ1) is 14.5. The number of benzene rings is 1. The van der Waals surface area contributed by atoms with Crippen LogP contribution in [-0.4, -0.2) is 13.5 Å². The van der Waals surface area contributed by atoms with E-state index in [0.29, 0.717) is 17.2 Å². The van der Waals surface area contributed by atoms with Crippen LogP contribution in [0.2, 0.25) is 18.1 Å². The first-order chi connectivity index (χ1) is 9.16. The van der Waals surface area contributed by atoms with Crippen molar-refractivity contribution in [2.24, 2.45) is 5.92 Å². The predicted octanol–water partition coefficient (Wildman–Crippen LogP) is 4.80. The van der Waals surface area contributed by atoms with Gasteiger partial charge in [0.25, 0.3) is 0 Å². The Labute approximate surface area is 118 Å². The first-order valence-corrected chi connectivity index (χ1v) is 10.4. The van der Waals surface area contributed by atoms with Crippen molar-refractivity contribution < 1.29 is 4.79 Å². The molecule has 0 aliphatic heterocycles. The van der Waals surface area contributed by atoms with Crippen LogP contribution in [-0.2, 0) is 4.79 Å². The fourth-order valence-corrected chi connectivity index (χ4v) is 6.76. The van der Waals surface area contributed by atoms with Gasteiger partial charge >= 0.3 is 0 Å². The van der Waals surface area contributed by atoms with Crippen molar-refractivity contribution in [1.82, 2.24) is 0 Å². The molecule has 2 rings (SSSR count). The third kappa shape index (κ3) is 2.99. The van der Waals surface area contributed by atoms with Crippen molar-refractivity contribution in [3.63, 3.8) is 0 Å². The maximum atomic E-state index is 12.6. The van der Waals surface area contributed by atoms with Crippen molar-refractivity contribution in [3.8, 4) is 0 Å². The molecule has 0 unspecified atom stereocenters. The van der Waals surface area contributed by atoms with Crippen LogP contribution >= 0.6 is 0 Å². The molecular weight excluding hydrogens is 248 g/mol.